The Balaban J connectivity index is 2.13. The highest BCUT2D eigenvalue weighted by Gasteiger charge is 2.24. The van der Waals surface area contributed by atoms with E-state index in [0.29, 0.717) is 17.7 Å². The smallest absolute Gasteiger partial charge is 0.371 e. The minimum atomic E-state index is -1.01. The maximum Gasteiger partial charge on any atom is 0.371 e. The molecule has 0 amide bonds. The van der Waals surface area contributed by atoms with Crippen molar-refractivity contribution in [1.29, 1.82) is 0 Å². The first-order chi connectivity index (χ1) is 7.56. The molecule has 0 aromatic carbocycles. The van der Waals surface area contributed by atoms with Crippen molar-refractivity contribution in [3.8, 4) is 0 Å². The van der Waals surface area contributed by atoms with Crippen LogP contribution in [0, 0.1) is 11.8 Å². The van der Waals surface area contributed by atoms with Gasteiger partial charge < -0.3 is 14.4 Å². The van der Waals surface area contributed by atoms with Crippen molar-refractivity contribution in [2.45, 2.75) is 20.3 Å². The van der Waals surface area contributed by atoms with Crippen molar-refractivity contribution in [2.24, 2.45) is 11.8 Å². The number of rotatable bonds is 2. The third-order valence-electron chi connectivity index (χ3n) is 2.98. The second-order valence-electron chi connectivity index (χ2n) is 4.79. The summed E-state index contributed by atoms with van der Waals surface area (Å²) in [6.45, 7) is 6.31. The van der Waals surface area contributed by atoms with Gasteiger partial charge in [-0.05, 0) is 24.3 Å². The molecule has 16 heavy (non-hydrogen) atoms. The summed E-state index contributed by atoms with van der Waals surface area (Å²) in [6, 6.07) is 3.26. The van der Waals surface area contributed by atoms with Crippen LogP contribution < -0.4 is 4.90 Å². The van der Waals surface area contributed by atoms with Crippen LogP contribution in [0.3, 0.4) is 0 Å². The van der Waals surface area contributed by atoms with Crippen LogP contribution in [0.15, 0.2) is 16.5 Å². The Bertz CT molecular complexity index is 375. The quantitative estimate of drug-likeness (QED) is 0.836. The average molecular weight is 223 g/mol. The Labute approximate surface area is 94.9 Å². The lowest BCUT2D eigenvalue weighted by molar-refractivity contribution is 0.0663. The van der Waals surface area contributed by atoms with E-state index >= 15 is 0 Å². The fraction of sp³-hybridized carbons (Fsp3) is 0.583. The van der Waals surface area contributed by atoms with Crippen LogP contribution >= 0.6 is 0 Å². The molecule has 0 aliphatic carbocycles. The van der Waals surface area contributed by atoms with E-state index in [2.05, 4.69) is 18.7 Å². The van der Waals surface area contributed by atoms with Crippen molar-refractivity contribution in [3.05, 3.63) is 17.9 Å². The third kappa shape index (κ3) is 2.21. The maximum atomic E-state index is 10.7. The molecule has 0 bridgehead atoms. The molecular weight excluding hydrogens is 206 g/mol. The number of anilines is 1. The summed E-state index contributed by atoms with van der Waals surface area (Å²) in [5.74, 6) is 0.935. The number of nitrogens with zero attached hydrogens (tertiary/aromatic N) is 1. The zero-order valence-electron chi connectivity index (χ0n) is 9.64. The zero-order chi connectivity index (χ0) is 11.7. The summed E-state index contributed by atoms with van der Waals surface area (Å²) < 4.78 is 5.31. The Morgan fingerprint density at radius 1 is 1.38 bits per heavy atom. The van der Waals surface area contributed by atoms with Gasteiger partial charge in [-0.1, -0.05) is 13.8 Å². The summed E-state index contributed by atoms with van der Waals surface area (Å²) in [6.07, 6.45) is 1.23. The molecule has 4 nitrogen and oxygen atoms in total. The standard InChI is InChI=1S/C12H17NO3/c1-8-5-9(2)7-13(6-8)11-4-3-10(16-11)12(14)15/h3-4,8-9H,5-7H2,1-2H3,(H,14,15). The number of piperidine rings is 1. The number of hydrogen-bond acceptors (Lipinski definition) is 3. The minimum absolute atomic E-state index is 0.0147. The summed E-state index contributed by atoms with van der Waals surface area (Å²) in [5, 5.41) is 8.79. The highest BCUT2D eigenvalue weighted by molar-refractivity contribution is 5.84. The lowest BCUT2D eigenvalue weighted by Gasteiger charge is -2.34. The van der Waals surface area contributed by atoms with Crippen LogP contribution in [-0.4, -0.2) is 24.2 Å². The fourth-order valence-corrected chi connectivity index (χ4v) is 2.46. The van der Waals surface area contributed by atoms with Crippen LogP contribution in [-0.2, 0) is 0 Å². The minimum Gasteiger partial charge on any atom is -0.475 e. The van der Waals surface area contributed by atoms with E-state index in [1.807, 2.05) is 0 Å². The molecule has 1 aliphatic rings. The first kappa shape index (κ1) is 11.0. The van der Waals surface area contributed by atoms with Crippen molar-refractivity contribution in [1.82, 2.24) is 0 Å². The summed E-state index contributed by atoms with van der Waals surface area (Å²) in [5.41, 5.74) is 0. The van der Waals surface area contributed by atoms with E-state index in [1.165, 1.54) is 12.5 Å². The van der Waals surface area contributed by atoms with Gasteiger partial charge in [0.1, 0.15) is 0 Å². The van der Waals surface area contributed by atoms with Crippen LogP contribution in [0.4, 0.5) is 5.88 Å². The van der Waals surface area contributed by atoms with Crippen molar-refractivity contribution >= 4 is 11.9 Å². The number of carboxylic acid groups (broad SMARTS) is 1. The van der Waals surface area contributed by atoms with E-state index in [9.17, 15) is 4.79 Å². The van der Waals surface area contributed by atoms with Crippen molar-refractivity contribution in [3.63, 3.8) is 0 Å². The molecule has 0 saturated carbocycles. The molecule has 1 aromatic heterocycles. The first-order valence-electron chi connectivity index (χ1n) is 5.64. The lowest BCUT2D eigenvalue weighted by atomic mass is 9.92. The first-order valence-corrected chi connectivity index (χ1v) is 5.64. The van der Waals surface area contributed by atoms with E-state index < -0.39 is 5.97 Å². The molecule has 1 N–H and O–H groups in total. The molecule has 2 unspecified atom stereocenters. The van der Waals surface area contributed by atoms with E-state index in [-0.39, 0.29) is 5.76 Å². The van der Waals surface area contributed by atoms with Crippen LogP contribution in [0.2, 0.25) is 0 Å². The summed E-state index contributed by atoms with van der Waals surface area (Å²) in [7, 11) is 0. The average Bonchev–Trinajstić information content (AvgIpc) is 2.64. The molecule has 2 atom stereocenters. The van der Waals surface area contributed by atoms with Gasteiger partial charge in [0.25, 0.3) is 0 Å². The Morgan fingerprint density at radius 2 is 2.00 bits per heavy atom. The van der Waals surface area contributed by atoms with E-state index in [0.717, 1.165) is 13.1 Å². The van der Waals surface area contributed by atoms with Gasteiger partial charge in [0.15, 0.2) is 5.88 Å². The number of carbonyl (C=O) groups is 1. The number of hydrogen-bond donors (Lipinski definition) is 1. The van der Waals surface area contributed by atoms with Gasteiger partial charge in [-0.2, -0.15) is 0 Å². The Morgan fingerprint density at radius 3 is 2.50 bits per heavy atom. The molecule has 1 saturated heterocycles. The number of furan rings is 1. The molecule has 0 spiro atoms. The maximum absolute atomic E-state index is 10.7. The molecule has 1 aromatic rings. The summed E-state index contributed by atoms with van der Waals surface area (Å²) >= 11 is 0. The predicted molar refractivity (Wildman–Crippen MR) is 60.8 cm³/mol. The zero-order valence-corrected chi connectivity index (χ0v) is 9.64. The Hall–Kier alpha value is -1.45. The van der Waals surface area contributed by atoms with Gasteiger partial charge in [0.05, 0.1) is 0 Å². The summed E-state index contributed by atoms with van der Waals surface area (Å²) in [4.78, 5) is 12.8. The van der Waals surface area contributed by atoms with Crippen LogP contribution in [0.1, 0.15) is 30.8 Å². The predicted octanol–water partition coefficient (Wildman–Crippen LogP) is 2.46. The van der Waals surface area contributed by atoms with Crippen molar-refractivity contribution in [2.75, 3.05) is 18.0 Å². The molecule has 2 heterocycles. The Kier molecular flexibility index (Phi) is 2.90. The van der Waals surface area contributed by atoms with Gasteiger partial charge >= 0.3 is 5.97 Å². The number of carboxylic acids is 1. The molecule has 1 fully saturated rings. The van der Waals surface area contributed by atoms with Gasteiger partial charge in [-0.25, -0.2) is 4.79 Å². The van der Waals surface area contributed by atoms with E-state index in [4.69, 9.17) is 9.52 Å². The monoisotopic (exact) mass is 223 g/mol. The normalized spacial score (nSPS) is 25.8. The van der Waals surface area contributed by atoms with E-state index in [1.54, 1.807) is 6.07 Å². The molecule has 88 valence electrons. The van der Waals surface area contributed by atoms with Gasteiger partial charge in [0, 0.05) is 19.2 Å². The van der Waals surface area contributed by atoms with Crippen LogP contribution in [0.25, 0.3) is 0 Å². The second-order valence-corrected chi connectivity index (χ2v) is 4.79. The second kappa shape index (κ2) is 4.20. The molecule has 4 heteroatoms. The highest BCUT2D eigenvalue weighted by atomic mass is 16.4. The van der Waals surface area contributed by atoms with Crippen LogP contribution in [0.5, 0.6) is 0 Å². The highest BCUT2D eigenvalue weighted by Crippen LogP contribution is 2.27. The molecule has 0 radical (unpaired) electrons. The SMILES string of the molecule is CC1CC(C)CN(c2ccc(C(=O)O)o2)C1. The van der Waals surface area contributed by atoms with Crippen molar-refractivity contribution < 1.29 is 14.3 Å². The third-order valence-corrected chi connectivity index (χ3v) is 2.98. The molecule has 1 aliphatic heterocycles. The topological polar surface area (TPSA) is 53.7 Å². The fourth-order valence-electron chi connectivity index (χ4n) is 2.46. The van der Waals surface area contributed by atoms with Gasteiger partial charge in [-0.3, -0.25) is 0 Å². The molecule has 2 rings (SSSR count). The lowest BCUT2D eigenvalue weighted by Crippen LogP contribution is -2.38. The van der Waals surface area contributed by atoms with Gasteiger partial charge in [-0.15, -0.1) is 0 Å². The number of aromatic carboxylic acids is 1. The molecular formula is C12H17NO3. The van der Waals surface area contributed by atoms with Gasteiger partial charge in [0.2, 0.25) is 5.76 Å². The largest absolute Gasteiger partial charge is 0.475 e.